The lowest BCUT2D eigenvalue weighted by Gasteiger charge is -2.08. The molecule has 0 radical (unpaired) electrons. The van der Waals surface area contributed by atoms with E-state index in [1.165, 1.54) is 6.20 Å². The Morgan fingerprint density at radius 3 is 2.89 bits per heavy atom. The fourth-order valence-electron chi connectivity index (χ4n) is 1.61. The Morgan fingerprint density at radius 2 is 2.17 bits per heavy atom. The lowest BCUT2D eigenvalue weighted by Crippen LogP contribution is -2.07. The first-order valence-corrected chi connectivity index (χ1v) is 5.53. The summed E-state index contributed by atoms with van der Waals surface area (Å²) in [5, 5.41) is 8.99. The largest absolute Gasteiger partial charge is 0.489 e. The van der Waals surface area contributed by atoms with Gasteiger partial charge in [-0.3, -0.25) is 0 Å². The minimum Gasteiger partial charge on any atom is -0.489 e. The highest BCUT2D eigenvalue weighted by Crippen LogP contribution is 2.15. The summed E-state index contributed by atoms with van der Waals surface area (Å²) in [6.07, 6.45) is 1.46. The molecule has 0 bridgehead atoms. The number of ether oxygens (including phenoxy) is 1. The monoisotopic (exact) mass is 243 g/mol. The van der Waals surface area contributed by atoms with Gasteiger partial charge in [0.15, 0.2) is 5.69 Å². The van der Waals surface area contributed by atoms with Gasteiger partial charge >= 0.3 is 5.97 Å². The smallest absolute Gasteiger partial charge is 0.354 e. The molecule has 92 valence electrons. The fourth-order valence-corrected chi connectivity index (χ4v) is 1.61. The first kappa shape index (κ1) is 12.1. The summed E-state index contributed by atoms with van der Waals surface area (Å²) in [4.78, 5) is 14.8. The molecule has 0 atom stereocenters. The molecule has 0 fully saturated rings. The second-order valence-electron chi connectivity index (χ2n) is 3.92. The first-order valence-electron chi connectivity index (χ1n) is 5.53. The molecule has 0 aliphatic heterocycles. The highest BCUT2D eigenvalue weighted by Gasteiger charge is 2.11. The van der Waals surface area contributed by atoms with Crippen molar-refractivity contribution in [1.82, 2.24) is 4.98 Å². The predicted octanol–water partition coefficient (Wildman–Crippen LogP) is 2.67. The number of aryl methyl sites for hydroxylation is 1. The summed E-state index contributed by atoms with van der Waals surface area (Å²) < 4.78 is 5.56. The Kier molecular flexibility index (Phi) is 3.57. The Morgan fingerprint density at radius 1 is 1.33 bits per heavy atom. The Bertz CT molecular complexity index is 566. The van der Waals surface area contributed by atoms with Gasteiger partial charge in [-0.2, -0.15) is 0 Å². The van der Waals surface area contributed by atoms with Crippen molar-refractivity contribution in [2.45, 2.75) is 13.5 Å². The summed E-state index contributed by atoms with van der Waals surface area (Å²) in [6.45, 7) is 2.17. The van der Waals surface area contributed by atoms with Crippen molar-refractivity contribution in [1.29, 1.82) is 0 Å². The number of hydrogen-bond donors (Lipinski definition) is 1. The van der Waals surface area contributed by atoms with Gasteiger partial charge in [0.1, 0.15) is 12.4 Å². The van der Waals surface area contributed by atoms with Crippen molar-refractivity contribution in [2.24, 2.45) is 0 Å². The number of pyridine rings is 1. The van der Waals surface area contributed by atoms with Gasteiger partial charge in [0.25, 0.3) is 0 Å². The molecule has 0 aliphatic carbocycles. The molecule has 1 N–H and O–H groups in total. The minimum atomic E-state index is -1.04. The van der Waals surface area contributed by atoms with Crippen LogP contribution >= 0.6 is 0 Å². The molecule has 2 aromatic rings. The summed E-state index contributed by atoms with van der Waals surface area (Å²) in [6, 6.07) is 11.0. The molecule has 0 spiro atoms. The van der Waals surface area contributed by atoms with Crippen LogP contribution in [0.5, 0.6) is 5.75 Å². The van der Waals surface area contributed by atoms with Gasteiger partial charge in [-0.1, -0.05) is 18.2 Å². The van der Waals surface area contributed by atoms with Crippen molar-refractivity contribution in [3.05, 3.63) is 59.4 Å². The lowest BCUT2D eigenvalue weighted by atomic mass is 10.2. The standard InChI is InChI=1S/C14H13NO3/c1-10-4-2-6-12(8-10)18-9-11-5-3-7-15-13(11)14(16)17/h2-8H,9H2,1H3,(H,16,17). The normalized spacial score (nSPS) is 10.1. The zero-order valence-electron chi connectivity index (χ0n) is 9.96. The van der Waals surface area contributed by atoms with E-state index in [1.54, 1.807) is 12.1 Å². The third-order valence-corrected chi connectivity index (χ3v) is 2.48. The Labute approximate surface area is 105 Å². The van der Waals surface area contributed by atoms with Gasteiger partial charge in [0, 0.05) is 11.8 Å². The number of carboxylic acids is 1. The Hall–Kier alpha value is -2.36. The second kappa shape index (κ2) is 5.31. The molecule has 4 nitrogen and oxygen atoms in total. The third kappa shape index (κ3) is 2.85. The molecule has 1 aromatic heterocycles. The lowest BCUT2D eigenvalue weighted by molar-refractivity contribution is 0.0687. The van der Waals surface area contributed by atoms with Crippen LogP contribution in [0.15, 0.2) is 42.6 Å². The molecular formula is C14H13NO3. The molecule has 0 aliphatic rings. The molecule has 0 amide bonds. The van der Waals surface area contributed by atoms with Crippen LogP contribution in [-0.2, 0) is 6.61 Å². The average Bonchev–Trinajstić information content (AvgIpc) is 2.37. The van der Waals surface area contributed by atoms with E-state index in [4.69, 9.17) is 9.84 Å². The van der Waals surface area contributed by atoms with Crippen molar-refractivity contribution in [3.8, 4) is 5.75 Å². The molecule has 1 aromatic carbocycles. The van der Waals surface area contributed by atoms with E-state index in [0.29, 0.717) is 5.56 Å². The van der Waals surface area contributed by atoms with Crippen molar-refractivity contribution in [2.75, 3.05) is 0 Å². The zero-order valence-corrected chi connectivity index (χ0v) is 9.96. The van der Waals surface area contributed by atoms with Gasteiger partial charge in [-0.05, 0) is 30.7 Å². The quantitative estimate of drug-likeness (QED) is 0.896. The zero-order chi connectivity index (χ0) is 13.0. The molecular weight excluding hydrogens is 230 g/mol. The maximum Gasteiger partial charge on any atom is 0.354 e. The molecule has 1 heterocycles. The average molecular weight is 243 g/mol. The van der Waals surface area contributed by atoms with Gasteiger partial charge in [0.05, 0.1) is 0 Å². The van der Waals surface area contributed by atoms with E-state index < -0.39 is 5.97 Å². The first-order chi connectivity index (χ1) is 8.66. The van der Waals surface area contributed by atoms with Crippen LogP contribution in [0.4, 0.5) is 0 Å². The SMILES string of the molecule is Cc1cccc(OCc2cccnc2C(=O)O)c1. The number of rotatable bonds is 4. The number of carboxylic acid groups (broad SMARTS) is 1. The molecule has 4 heteroatoms. The van der Waals surface area contributed by atoms with E-state index in [2.05, 4.69) is 4.98 Å². The van der Waals surface area contributed by atoms with E-state index in [0.717, 1.165) is 11.3 Å². The minimum absolute atomic E-state index is 0.0325. The van der Waals surface area contributed by atoms with Gasteiger partial charge in [0.2, 0.25) is 0 Å². The molecule has 18 heavy (non-hydrogen) atoms. The van der Waals surface area contributed by atoms with Gasteiger partial charge < -0.3 is 9.84 Å². The van der Waals surface area contributed by atoms with Crippen molar-refractivity contribution < 1.29 is 14.6 Å². The second-order valence-corrected chi connectivity index (χ2v) is 3.92. The van der Waals surface area contributed by atoms with E-state index in [9.17, 15) is 4.79 Å². The van der Waals surface area contributed by atoms with Gasteiger partial charge in [-0.25, -0.2) is 9.78 Å². The molecule has 0 saturated carbocycles. The van der Waals surface area contributed by atoms with Crippen LogP contribution in [0, 0.1) is 6.92 Å². The van der Waals surface area contributed by atoms with Crippen molar-refractivity contribution in [3.63, 3.8) is 0 Å². The van der Waals surface area contributed by atoms with Crippen LogP contribution < -0.4 is 4.74 Å². The number of carbonyl (C=O) groups is 1. The summed E-state index contributed by atoms with van der Waals surface area (Å²) >= 11 is 0. The number of aromatic nitrogens is 1. The summed E-state index contributed by atoms with van der Waals surface area (Å²) in [5.74, 6) is -0.325. The van der Waals surface area contributed by atoms with Crippen LogP contribution in [0.1, 0.15) is 21.6 Å². The highest BCUT2D eigenvalue weighted by molar-refractivity contribution is 5.86. The third-order valence-electron chi connectivity index (χ3n) is 2.48. The fraction of sp³-hybridized carbons (Fsp3) is 0.143. The number of benzene rings is 1. The van der Waals surface area contributed by atoms with Crippen LogP contribution in [0.2, 0.25) is 0 Å². The van der Waals surface area contributed by atoms with E-state index in [-0.39, 0.29) is 12.3 Å². The number of nitrogens with zero attached hydrogens (tertiary/aromatic N) is 1. The molecule has 2 rings (SSSR count). The summed E-state index contributed by atoms with van der Waals surface area (Å²) in [5.41, 5.74) is 1.69. The number of aromatic carboxylic acids is 1. The highest BCUT2D eigenvalue weighted by atomic mass is 16.5. The maximum atomic E-state index is 11.0. The Balaban J connectivity index is 2.13. The molecule has 0 saturated heterocycles. The van der Waals surface area contributed by atoms with Crippen LogP contribution in [0.3, 0.4) is 0 Å². The molecule has 0 unspecified atom stereocenters. The number of hydrogen-bond acceptors (Lipinski definition) is 3. The van der Waals surface area contributed by atoms with E-state index in [1.807, 2.05) is 31.2 Å². The predicted molar refractivity (Wildman–Crippen MR) is 66.7 cm³/mol. The van der Waals surface area contributed by atoms with Crippen LogP contribution in [0.25, 0.3) is 0 Å². The maximum absolute atomic E-state index is 11.0. The van der Waals surface area contributed by atoms with Crippen molar-refractivity contribution >= 4 is 5.97 Å². The summed E-state index contributed by atoms with van der Waals surface area (Å²) in [7, 11) is 0. The van der Waals surface area contributed by atoms with Crippen LogP contribution in [-0.4, -0.2) is 16.1 Å². The van der Waals surface area contributed by atoms with Gasteiger partial charge in [-0.15, -0.1) is 0 Å². The van der Waals surface area contributed by atoms with E-state index >= 15 is 0 Å². The topological polar surface area (TPSA) is 59.4 Å².